The summed E-state index contributed by atoms with van der Waals surface area (Å²) >= 11 is 3.39. The highest BCUT2D eigenvalue weighted by Gasteiger charge is 2.25. The lowest BCUT2D eigenvalue weighted by Crippen LogP contribution is -2.38. The number of hydrogen-bond donors (Lipinski definition) is 1. The van der Waals surface area contributed by atoms with E-state index >= 15 is 0 Å². The zero-order valence-corrected chi connectivity index (χ0v) is 18.0. The number of amides is 1. The van der Waals surface area contributed by atoms with Gasteiger partial charge in [0.2, 0.25) is 6.79 Å². The summed E-state index contributed by atoms with van der Waals surface area (Å²) in [6.45, 7) is 2.77. The Morgan fingerprint density at radius 2 is 1.80 bits per heavy atom. The maximum absolute atomic E-state index is 12.6. The maximum Gasteiger partial charge on any atom is 0.411 e. The minimum absolute atomic E-state index is 0.0534. The first-order valence-electron chi connectivity index (χ1n) is 9.94. The van der Waals surface area contributed by atoms with Crippen molar-refractivity contribution in [3.05, 3.63) is 52.5 Å². The van der Waals surface area contributed by atoms with Gasteiger partial charge in [0.15, 0.2) is 17.3 Å². The summed E-state index contributed by atoms with van der Waals surface area (Å²) in [4.78, 5) is 26.9. The highest BCUT2D eigenvalue weighted by molar-refractivity contribution is 9.10. The first-order chi connectivity index (χ1) is 14.6. The zero-order valence-electron chi connectivity index (χ0n) is 16.4. The van der Waals surface area contributed by atoms with Crippen molar-refractivity contribution in [3.8, 4) is 11.5 Å². The van der Waals surface area contributed by atoms with E-state index in [1.165, 1.54) is 0 Å². The number of halogens is 1. The lowest BCUT2D eigenvalue weighted by Gasteiger charge is -2.31. The van der Waals surface area contributed by atoms with E-state index in [2.05, 4.69) is 26.1 Å². The van der Waals surface area contributed by atoms with E-state index in [4.69, 9.17) is 14.2 Å². The van der Waals surface area contributed by atoms with Gasteiger partial charge in [-0.05, 0) is 50.2 Å². The number of hydrogen-bond acceptors (Lipinski definition) is 6. The molecule has 2 aliphatic rings. The van der Waals surface area contributed by atoms with Crippen LogP contribution < -0.4 is 14.8 Å². The topological polar surface area (TPSA) is 77.1 Å². The van der Waals surface area contributed by atoms with Gasteiger partial charge >= 0.3 is 6.09 Å². The van der Waals surface area contributed by atoms with Crippen LogP contribution in [0, 0.1) is 5.92 Å². The lowest BCUT2D eigenvalue weighted by atomic mass is 9.89. The lowest BCUT2D eigenvalue weighted by molar-refractivity contribution is 0.0813. The Bertz CT molecular complexity index is 910. The summed E-state index contributed by atoms with van der Waals surface area (Å²) < 4.78 is 16.8. The Hall–Kier alpha value is -2.58. The van der Waals surface area contributed by atoms with Crippen molar-refractivity contribution in [1.29, 1.82) is 0 Å². The molecule has 2 aromatic rings. The molecule has 1 fully saturated rings. The van der Waals surface area contributed by atoms with Crippen LogP contribution in [0.4, 0.5) is 10.5 Å². The van der Waals surface area contributed by atoms with Gasteiger partial charge in [0, 0.05) is 34.3 Å². The van der Waals surface area contributed by atoms with Gasteiger partial charge in [0.25, 0.3) is 0 Å². The van der Waals surface area contributed by atoms with E-state index < -0.39 is 6.09 Å². The van der Waals surface area contributed by atoms with Crippen LogP contribution in [0.3, 0.4) is 0 Å². The molecule has 4 rings (SSSR count). The Morgan fingerprint density at radius 3 is 2.57 bits per heavy atom. The second-order valence-corrected chi connectivity index (χ2v) is 8.23. The number of anilines is 1. The van der Waals surface area contributed by atoms with Crippen LogP contribution in [-0.4, -0.2) is 49.8 Å². The Labute approximate surface area is 183 Å². The summed E-state index contributed by atoms with van der Waals surface area (Å²) in [6.07, 6.45) is 1.13. The molecule has 1 N–H and O–H groups in total. The van der Waals surface area contributed by atoms with Gasteiger partial charge in [-0.2, -0.15) is 0 Å². The summed E-state index contributed by atoms with van der Waals surface area (Å²) in [7, 11) is 0. The molecule has 1 amide bonds. The number of rotatable bonds is 6. The fourth-order valence-corrected chi connectivity index (χ4v) is 3.93. The normalized spacial score (nSPS) is 16.3. The van der Waals surface area contributed by atoms with Crippen LogP contribution in [0.15, 0.2) is 46.9 Å². The number of piperidine rings is 1. The number of nitrogens with zero attached hydrogens (tertiary/aromatic N) is 1. The Morgan fingerprint density at radius 1 is 1.07 bits per heavy atom. The number of Topliss-reactive ketones (excluding diaryl/α,β-unsaturated/α-hetero) is 1. The van der Waals surface area contributed by atoms with Gasteiger partial charge in [0.1, 0.15) is 6.61 Å². The predicted octanol–water partition coefficient (Wildman–Crippen LogP) is 4.32. The number of carbonyl (C=O) groups is 2. The summed E-state index contributed by atoms with van der Waals surface area (Å²) in [5, 5.41) is 2.69. The van der Waals surface area contributed by atoms with E-state index in [0.717, 1.165) is 36.0 Å². The van der Waals surface area contributed by atoms with Crippen molar-refractivity contribution in [2.75, 3.05) is 38.4 Å². The minimum atomic E-state index is -0.505. The molecule has 0 bridgehead atoms. The standard InChI is InChI=1S/C22H23BrN2O5/c23-17-3-1-15(2-4-17)21(26)16-7-9-25(10-8-16)11-12-28-22(27)24-18-5-6-19-20(13-18)30-14-29-19/h1-6,13,16H,7-12,14H2,(H,24,27). The van der Waals surface area contributed by atoms with Crippen molar-refractivity contribution < 1.29 is 23.8 Å². The van der Waals surface area contributed by atoms with Crippen molar-refractivity contribution in [3.63, 3.8) is 0 Å². The van der Waals surface area contributed by atoms with Crippen LogP contribution in [0.2, 0.25) is 0 Å². The van der Waals surface area contributed by atoms with Gasteiger partial charge in [0.05, 0.1) is 0 Å². The molecule has 158 valence electrons. The van der Waals surface area contributed by atoms with Crippen molar-refractivity contribution in [2.24, 2.45) is 5.92 Å². The van der Waals surface area contributed by atoms with Gasteiger partial charge in [-0.15, -0.1) is 0 Å². The third kappa shape index (κ3) is 5.12. The highest BCUT2D eigenvalue weighted by Crippen LogP contribution is 2.34. The van der Waals surface area contributed by atoms with Crippen molar-refractivity contribution >= 4 is 33.5 Å². The van der Waals surface area contributed by atoms with Gasteiger partial charge < -0.3 is 14.2 Å². The van der Waals surface area contributed by atoms with Crippen LogP contribution in [0.1, 0.15) is 23.2 Å². The SMILES string of the molecule is O=C(Nc1ccc2c(c1)OCO2)OCCN1CCC(C(=O)c2ccc(Br)cc2)CC1. The number of ketones is 1. The Balaban J connectivity index is 1.16. The number of fused-ring (bicyclic) bond motifs is 1. The molecule has 0 radical (unpaired) electrons. The predicted molar refractivity (Wildman–Crippen MR) is 115 cm³/mol. The first kappa shape index (κ1) is 20.7. The third-order valence-corrected chi connectivity index (χ3v) is 5.88. The number of carbonyl (C=O) groups excluding carboxylic acids is 2. The van der Waals surface area contributed by atoms with Crippen LogP contribution in [-0.2, 0) is 4.74 Å². The number of likely N-dealkylation sites (tertiary alicyclic amines) is 1. The summed E-state index contributed by atoms with van der Waals surface area (Å²) in [5.41, 5.74) is 1.36. The summed E-state index contributed by atoms with van der Waals surface area (Å²) in [5.74, 6) is 1.53. The molecular weight excluding hydrogens is 452 g/mol. The average Bonchev–Trinajstić information content (AvgIpc) is 3.22. The van der Waals surface area contributed by atoms with Gasteiger partial charge in [-0.3, -0.25) is 15.0 Å². The highest BCUT2D eigenvalue weighted by atomic mass is 79.9. The molecule has 0 aromatic heterocycles. The molecule has 0 unspecified atom stereocenters. The number of nitrogens with one attached hydrogen (secondary N) is 1. The molecule has 8 heteroatoms. The van der Waals surface area contributed by atoms with E-state index in [0.29, 0.717) is 30.3 Å². The molecule has 7 nitrogen and oxygen atoms in total. The first-order valence-corrected chi connectivity index (χ1v) is 10.7. The fourth-order valence-electron chi connectivity index (χ4n) is 3.66. The average molecular weight is 475 g/mol. The molecule has 2 aromatic carbocycles. The fraction of sp³-hybridized carbons (Fsp3) is 0.364. The van der Waals surface area contributed by atoms with E-state index in [-0.39, 0.29) is 18.5 Å². The molecule has 1 saturated heterocycles. The molecule has 0 saturated carbocycles. The molecular formula is C22H23BrN2O5. The monoisotopic (exact) mass is 474 g/mol. The van der Waals surface area contributed by atoms with Crippen LogP contribution in [0.25, 0.3) is 0 Å². The van der Waals surface area contributed by atoms with Crippen LogP contribution >= 0.6 is 15.9 Å². The second kappa shape index (κ2) is 9.49. The molecule has 30 heavy (non-hydrogen) atoms. The minimum Gasteiger partial charge on any atom is -0.454 e. The quantitative estimate of drug-likeness (QED) is 0.628. The number of ether oxygens (including phenoxy) is 3. The molecule has 0 aliphatic carbocycles. The largest absolute Gasteiger partial charge is 0.454 e. The van der Waals surface area contributed by atoms with Crippen molar-refractivity contribution in [2.45, 2.75) is 12.8 Å². The third-order valence-electron chi connectivity index (χ3n) is 5.35. The Kier molecular flexibility index (Phi) is 6.54. The van der Waals surface area contributed by atoms with E-state index in [1.54, 1.807) is 18.2 Å². The van der Waals surface area contributed by atoms with Gasteiger partial charge in [-0.25, -0.2) is 4.79 Å². The molecule has 0 atom stereocenters. The molecule has 0 spiro atoms. The molecule has 2 aliphatic heterocycles. The second-order valence-electron chi connectivity index (χ2n) is 7.32. The van der Waals surface area contributed by atoms with Crippen molar-refractivity contribution in [1.82, 2.24) is 4.90 Å². The number of benzene rings is 2. The zero-order chi connectivity index (χ0) is 20.9. The molecule has 2 heterocycles. The maximum atomic E-state index is 12.6. The summed E-state index contributed by atoms with van der Waals surface area (Å²) in [6, 6.07) is 12.7. The van der Waals surface area contributed by atoms with Gasteiger partial charge in [-0.1, -0.05) is 28.1 Å². The van der Waals surface area contributed by atoms with E-state index in [1.807, 2.05) is 24.3 Å². The smallest absolute Gasteiger partial charge is 0.411 e. The van der Waals surface area contributed by atoms with E-state index in [9.17, 15) is 9.59 Å². The van der Waals surface area contributed by atoms with Crippen LogP contribution in [0.5, 0.6) is 11.5 Å².